The van der Waals surface area contributed by atoms with Gasteiger partial charge in [-0.05, 0) is 51.2 Å². The first kappa shape index (κ1) is 12.9. The summed E-state index contributed by atoms with van der Waals surface area (Å²) in [6, 6.07) is 0. The first-order chi connectivity index (χ1) is 7.20. The highest BCUT2D eigenvalue weighted by Gasteiger charge is 2.28. The summed E-state index contributed by atoms with van der Waals surface area (Å²) in [4.78, 5) is 2.54. The molecule has 90 valence electrons. The van der Waals surface area contributed by atoms with Crippen molar-refractivity contribution in [1.82, 2.24) is 4.90 Å². The lowest BCUT2D eigenvalue weighted by molar-refractivity contribution is 0.0994. The van der Waals surface area contributed by atoms with Crippen molar-refractivity contribution in [3.8, 4) is 0 Å². The molecule has 1 aliphatic heterocycles. The van der Waals surface area contributed by atoms with Crippen LogP contribution in [0.4, 0.5) is 0 Å². The summed E-state index contributed by atoms with van der Waals surface area (Å²) in [7, 11) is 0. The Bertz CT molecular complexity index is 165. The average Bonchev–Trinajstić information content (AvgIpc) is 2.27. The molecule has 15 heavy (non-hydrogen) atoms. The summed E-state index contributed by atoms with van der Waals surface area (Å²) in [5, 5.41) is 0. The van der Waals surface area contributed by atoms with E-state index in [2.05, 4.69) is 11.8 Å². The Morgan fingerprint density at radius 1 is 1.33 bits per heavy atom. The largest absolute Gasteiger partial charge is 0.382 e. The fourth-order valence-corrected chi connectivity index (χ4v) is 2.06. The molecule has 2 N–H and O–H groups in total. The highest BCUT2D eigenvalue weighted by Crippen LogP contribution is 2.29. The molecule has 0 aromatic heterocycles. The van der Waals surface area contributed by atoms with Gasteiger partial charge in [-0.15, -0.1) is 0 Å². The van der Waals surface area contributed by atoms with E-state index >= 15 is 0 Å². The first-order valence-corrected chi connectivity index (χ1v) is 6.20. The minimum Gasteiger partial charge on any atom is -0.382 e. The molecular formula is C12H26N2O. The molecule has 0 aromatic rings. The number of hydrogen-bond acceptors (Lipinski definition) is 3. The molecule has 0 radical (unpaired) electrons. The smallest absolute Gasteiger partial charge is 0.0478 e. The van der Waals surface area contributed by atoms with Crippen molar-refractivity contribution in [2.45, 2.75) is 33.1 Å². The van der Waals surface area contributed by atoms with E-state index in [0.717, 1.165) is 26.2 Å². The molecule has 0 amide bonds. The van der Waals surface area contributed by atoms with Crippen LogP contribution < -0.4 is 5.73 Å². The van der Waals surface area contributed by atoms with Crippen LogP contribution in [0.2, 0.25) is 0 Å². The molecule has 1 rings (SSSR count). The summed E-state index contributed by atoms with van der Waals surface area (Å²) in [6.45, 7) is 10.5. The third-order valence-electron chi connectivity index (χ3n) is 3.52. The van der Waals surface area contributed by atoms with Gasteiger partial charge in [-0.1, -0.05) is 6.92 Å². The fraction of sp³-hybridized carbons (Fsp3) is 1.00. The number of nitrogens with zero attached hydrogens (tertiary/aromatic N) is 1. The van der Waals surface area contributed by atoms with Gasteiger partial charge in [0.25, 0.3) is 0 Å². The predicted molar refractivity (Wildman–Crippen MR) is 63.9 cm³/mol. The molecule has 1 aliphatic rings. The standard InChI is InChI=1S/C12H26N2O/c1-3-15-10-4-7-14-8-5-12(2,11-13)6-9-14/h3-11,13H2,1-2H3. The van der Waals surface area contributed by atoms with Crippen molar-refractivity contribution >= 4 is 0 Å². The van der Waals surface area contributed by atoms with E-state index in [9.17, 15) is 0 Å². The van der Waals surface area contributed by atoms with Crippen molar-refractivity contribution < 1.29 is 4.74 Å². The average molecular weight is 214 g/mol. The zero-order chi connectivity index (χ0) is 11.1. The third kappa shape index (κ3) is 4.49. The molecule has 0 atom stereocenters. The fourth-order valence-electron chi connectivity index (χ4n) is 2.06. The summed E-state index contributed by atoms with van der Waals surface area (Å²) in [5.74, 6) is 0. The highest BCUT2D eigenvalue weighted by atomic mass is 16.5. The summed E-state index contributed by atoms with van der Waals surface area (Å²) in [6.07, 6.45) is 3.66. The van der Waals surface area contributed by atoms with Crippen LogP contribution in [0.5, 0.6) is 0 Å². The highest BCUT2D eigenvalue weighted by molar-refractivity contribution is 4.82. The van der Waals surface area contributed by atoms with E-state index in [1.54, 1.807) is 0 Å². The van der Waals surface area contributed by atoms with Gasteiger partial charge in [-0.25, -0.2) is 0 Å². The number of rotatable bonds is 6. The van der Waals surface area contributed by atoms with E-state index in [0.29, 0.717) is 5.41 Å². The monoisotopic (exact) mass is 214 g/mol. The number of ether oxygens (including phenoxy) is 1. The van der Waals surface area contributed by atoms with Gasteiger partial charge in [0.2, 0.25) is 0 Å². The molecule has 0 spiro atoms. The Morgan fingerprint density at radius 3 is 2.53 bits per heavy atom. The molecule has 3 heteroatoms. The van der Waals surface area contributed by atoms with E-state index in [1.165, 1.54) is 32.5 Å². The molecule has 0 aliphatic carbocycles. The lowest BCUT2D eigenvalue weighted by Gasteiger charge is -2.38. The summed E-state index contributed by atoms with van der Waals surface area (Å²) in [5.41, 5.74) is 6.18. The van der Waals surface area contributed by atoms with Crippen LogP contribution in [0, 0.1) is 5.41 Å². The molecule has 1 fully saturated rings. The van der Waals surface area contributed by atoms with Gasteiger partial charge < -0.3 is 15.4 Å². The van der Waals surface area contributed by atoms with Gasteiger partial charge >= 0.3 is 0 Å². The summed E-state index contributed by atoms with van der Waals surface area (Å²) < 4.78 is 5.34. The Hall–Kier alpha value is -0.120. The normalized spacial score (nSPS) is 21.8. The van der Waals surface area contributed by atoms with Crippen LogP contribution in [0.25, 0.3) is 0 Å². The minimum atomic E-state index is 0.399. The Labute approximate surface area is 94.0 Å². The molecule has 0 bridgehead atoms. The number of likely N-dealkylation sites (tertiary alicyclic amines) is 1. The van der Waals surface area contributed by atoms with E-state index < -0.39 is 0 Å². The topological polar surface area (TPSA) is 38.5 Å². The molecule has 3 nitrogen and oxygen atoms in total. The Balaban J connectivity index is 2.09. The molecular weight excluding hydrogens is 188 g/mol. The third-order valence-corrected chi connectivity index (χ3v) is 3.52. The molecule has 0 aromatic carbocycles. The van der Waals surface area contributed by atoms with Crippen molar-refractivity contribution in [2.75, 3.05) is 39.4 Å². The molecule has 0 unspecified atom stereocenters. The van der Waals surface area contributed by atoms with Crippen molar-refractivity contribution in [3.05, 3.63) is 0 Å². The van der Waals surface area contributed by atoms with Gasteiger partial charge in [-0.3, -0.25) is 0 Å². The van der Waals surface area contributed by atoms with E-state index in [-0.39, 0.29) is 0 Å². The van der Waals surface area contributed by atoms with Crippen molar-refractivity contribution in [3.63, 3.8) is 0 Å². The maximum Gasteiger partial charge on any atom is 0.0478 e. The van der Waals surface area contributed by atoms with Gasteiger partial charge in [-0.2, -0.15) is 0 Å². The number of hydrogen-bond donors (Lipinski definition) is 1. The van der Waals surface area contributed by atoms with Crippen LogP contribution >= 0.6 is 0 Å². The zero-order valence-corrected chi connectivity index (χ0v) is 10.3. The van der Waals surface area contributed by atoms with E-state index in [4.69, 9.17) is 10.5 Å². The molecule has 1 saturated heterocycles. The second-order valence-corrected chi connectivity index (χ2v) is 4.91. The lowest BCUT2D eigenvalue weighted by atomic mass is 9.80. The van der Waals surface area contributed by atoms with Gasteiger partial charge in [0.1, 0.15) is 0 Å². The van der Waals surface area contributed by atoms with Crippen molar-refractivity contribution in [1.29, 1.82) is 0 Å². The Kier molecular flexibility index (Phi) is 5.58. The summed E-state index contributed by atoms with van der Waals surface area (Å²) >= 11 is 0. The van der Waals surface area contributed by atoms with Gasteiger partial charge in [0, 0.05) is 19.8 Å². The van der Waals surface area contributed by atoms with Crippen LogP contribution in [-0.2, 0) is 4.74 Å². The van der Waals surface area contributed by atoms with Gasteiger partial charge in [0.05, 0.1) is 0 Å². The maximum atomic E-state index is 5.78. The van der Waals surface area contributed by atoms with Crippen LogP contribution in [0.15, 0.2) is 0 Å². The second-order valence-electron chi connectivity index (χ2n) is 4.91. The molecule has 1 heterocycles. The number of nitrogens with two attached hydrogens (primary N) is 1. The van der Waals surface area contributed by atoms with Crippen LogP contribution in [0.1, 0.15) is 33.1 Å². The van der Waals surface area contributed by atoms with E-state index in [1.807, 2.05) is 6.92 Å². The Morgan fingerprint density at radius 2 is 2.00 bits per heavy atom. The maximum absolute atomic E-state index is 5.78. The van der Waals surface area contributed by atoms with Crippen LogP contribution in [-0.4, -0.2) is 44.3 Å². The van der Waals surface area contributed by atoms with Gasteiger partial charge in [0.15, 0.2) is 0 Å². The quantitative estimate of drug-likeness (QED) is 0.681. The number of piperidine rings is 1. The first-order valence-electron chi connectivity index (χ1n) is 6.20. The minimum absolute atomic E-state index is 0.399. The predicted octanol–water partition coefficient (Wildman–Crippen LogP) is 1.47. The molecule has 0 saturated carbocycles. The SMILES string of the molecule is CCOCCCN1CCC(C)(CN)CC1. The second kappa shape index (κ2) is 6.46. The zero-order valence-electron chi connectivity index (χ0n) is 10.3. The lowest BCUT2D eigenvalue weighted by Crippen LogP contribution is -2.42. The van der Waals surface area contributed by atoms with Crippen LogP contribution in [0.3, 0.4) is 0 Å². The van der Waals surface area contributed by atoms with Crippen molar-refractivity contribution in [2.24, 2.45) is 11.1 Å².